The van der Waals surface area contributed by atoms with Gasteiger partial charge in [-0.15, -0.1) is 0 Å². The Bertz CT molecular complexity index is 409. The summed E-state index contributed by atoms with van der Waals surface area (Å²) in [4.78, 5) is 4.44. The minimum absolute atomic E-state index is 0.328. The SMILES string of the molecule is CCOCCCn1ccnc1NC1C(C)(C)C1(C)C. The van der Waals surface area contributed by atoms with Gasteiger partial charge in [0.25, 0.3) is 0 Å². The lowest BCUT2D eigenvalue weighted by atomic mass is 10.0. The summed E-state index contributed by atoms with van der Waals surface area (Å²) in [5, 5.41) is 3.60. The van der Waals surface area contributed by atoms with E-state index in [-0.39, 0.29) is 0 Å². The third kappa shape index (κ3) is 2.64. The van der Waals surface area contributed by atoms with E-state index in [0.29, 0.717) is 16.9 Å². The fourth-order valence-corrected chi connectivity index (χ4v) is 2.80. The molecule has 1 aliphatic carbocycles. The number of aryl methyl sites for hydroxylation is 1. The second-order valence-corrected chi connectivity index (χ2v) is 6.52. The molecular weight excluding hydrogens is 238 g/mol. The molecule has 2 rings (SSSR count). The summed E-state index contributed by atoms with van der Waals surface area (Å²) in [6.45, 7) is 13.8. The highest BCUT2D eigenvalue weighted by Crippen LogP contribution is 2.63. The van der Waals surface area contributed by atoms with Crippen LogP contribution in [0.5, 0.6) is 0 Å². The van der Waals surface area contributed by atoms with Gasteiger partial charge in [-0.05, 0) is 24.2 Å². The fraction of sp³-hybridized carbons (Fsp3) is 0.800. The van der Waals surface area contributed by atoms with Gasteiger partial charge in [-0.1, -0.05) is 27.7 Å². The van der Waals surface area contributed by atoms with Gasteiger partial charge in [0.1, 0.15) is 0 Å². The number of nitrogens with zero attached hydrogens (tertiary/aromatic N) is 2. The molecule has 0 aromatic carbocycles. The van der Waals surface area contributed by atoms with Crippen molar-refractivity contribution in [3.8, 4) is 0 Å². The molecule has 1 saturated carbocycles. The molecule has 0 spiro atoms. The first-order valence-corrected chi connectivity index (χ1v) is 7.26. The monoisotopic (exact) mass is 265 g/mol. The summed E-state index contributed by atoms with van der Waals surface area (Å²) in [7, 11) is 0. The summed E-state index contributed by atoms with van der Waals surface area (Å²) in [6.07, 6.45) is 4.93. The lowest BCUT2D eigenvalue weighted by Crippen LogP contribution is -2.15. The van der Waals surface area contributed by atoms with Crippen molar-refractivity contribution in [2.75, 3.05) is 18.5 Å². The van der Waals surface area contributed by atoms with Crippen LogP contribution in [-0.2, 0) is 11.3 Å². The number of anilines is 1. The predicted octanol–water partition coefficient (Wildman–Crippen LogP) is 3.16. The van der Waals surface area contributed by atoms with E-state index in [4.69, 9.17) is 4.74 Å². The molecule has 1 heterocycles. The van der Waals surface area contributed by atoms with E-state index in [1.165, 1.54) is 0 Å². The van der Waals surface area contributed by atoms with E-state index >= 15 is 0 Å². The van der Waals surface area contributed by atoms with Gasteiger partial charge in [-0.25, -0.2) is 4.98 Å². The summed E-state index contributed by atoms with van der Waals surface area (Å²) in [6, 6.07) is 0.494. The van der Waals surface area contributed by atoms with E-state index in [0.717, 1.165) is 32.1 Å². The maximum absolute atomic E-state index is 5.38. The first-order valence-electron chi connectivity index (χ1n) is 7.26. The topological polar surface area (TPSA) is 39.1 Å². The largest absolute Gasteiger partial charge is 0.382 e. The van der Waals surface area contributed by atoms with Crippen molar-refractivity contribution in [3.63, 3.8) is 0 Å². The Hall–Kier alpha value is -1.03. The van der Waals surface area contributed by atoms with Gasteiger partial charge in [0, 0.05) is 38.2 Å². The zero-order valence-corrected chi connectivity index (χ0v) is 12.9. The number of hydrogen-bond donors (Lipinski definition) is 1. The smallest absolute Gasteiger partial charge is 0.203 e. The molecule has 0 aliphatic heterocycles. The number of hydrogen-bond acceptors (Lipinski definition) is 3. The average Bonchev–Trinajstić information content (AvgIpc) is 2.72. The number of rotatable bonds is 7. The van der Waals surface area contributed by atoms with Crippen LogP contribution in [0.15, 0.2) is 12.4 Å². The van der Waals surface area contributed by atoms with Gasteiger partial charge < -0.3 is 14.6 Å². The highest BCUT2D eigenvalue weighted by atomic mass is 16.5. The quantitative estimate of drug-likeness (QED) is 0.770. The van der Waals surface area contributed by atoms with Crippen molar-refractivity contribution in [2.45, 2.75) is 53.6 Å². The molecule has 1 aromatic rings. The first kappa shape index (κ1) is 14.4. The van der Waals surface area contributed by atoms with Crippen molar-refractivity contribution in [2.24, 2.45) is 10.8 Å². The van der Waals surface area contributed by atoms with Crippen LogP contribution in [0.2, 0.25) is 0 Å². The molecule has 0 radical (unpaired) electrons. The van der Waals surface area contributed by atoms with Crippen LogP contribution >= 0.6 is 0 Å². The van der Waals surface area contributed by atoms with E-state index in [2.05, 4.69) is 42.6 Å². The third-order valence-corrected chi connectivity index (χ3v) is 4.90. The Morgan fingerprint density at radius 3 is 2.58 bits per heavy atom. The molecule has 1 aromatic heterocycles. The highest BCUT2D eigenvalue weighted by Gasteiger charge is 2.65. The molecule has 108 valence electrons. The van der Waals surface area contributed by atoms with Crippen molar-refractivity contribution in [3.05, 3.63) is 12.4 Å². The van der Waals surface area contributed by atoms with Crippen molar-refractivity contribution in [1.82, 2.24) is 9.55 Å². The first-order chi connectivity index (χ1) is 8.91. The molecular formula is C15H27N3O. The van der Waals surface area contributed by atoms with Gasteiger partial charge in [0.15, 0.2) is 0 Å². The molecule has 0 bridgehead atoms. The number of ether oxygens (including phenoxy) is 1. The lowest BCUT2D eigenvalue weighted by Gasteiger charge is -2.11. The Balaban J connectivity index is 1.90. The van der Waals surface area contributed by atoms with Crippen LogP contribution in [0.3, 0.4) is 0 Å². The molecule has 0 saturated heterocycles. The second kappa shape index (κ2) is 5.16. The van der Waals surface area contributed by atoms with Gasteiger partial charge >= 0.3 is 0 Å². The molecule has 0 unspecified atom stereocenters. The fourth-order valence-electron chi connectivity index (χ4n) is 2.80. The Kier molecular flexibility index (Phi) is 3.90. The van der Waals surface area contributed by atoms with Crippen molar-refractivity contribution in [1.29, 1.82) is 0 Å². The third-order valence-electron chi connectivity index (χ3n) is 4.90. The molecule has 0 atom stereocenters. The average molecular weight is 265 g/mol. The van der Waals surface area contributed by atoms with E-state index in [9.17, 15) is 0 Å². The van der Waals surface area contributed by atoms with Crippen LogP contribution < -0.4 is 5.32 Å². The summed E-state index contributed by atoms with van der Waals surface area (Å²) < 4.78 is 7.56. The van der Waals surface area contributed by atoms with E-state index in [1.807, 2.05) is 19.3 Å². The zero-order valence-electron chi connectivity index (χ0n) is 12.9. The standard InChI is InChI=1S/C15H27N3O/c1-6-19-11-7-9-18-10-8-16-13(18)17-12-14(2,3)15(12,4)5/h8,10,12H,6-7,9,11H2,1-5H3,(H,16,17). The normalized spacial score (nSPS) is 20.5. The summed E-state index contributed by atoms with van der Waals surface area (Å²) in [5.41, 5.74) is 0.657. The Morgan fingerprint density at radius 1 is 1.32 bits per heavy atom. The summed E-state index contributed by atoms with van der Waals surface area (Å²) >= 11 is 0. The minimum Gasteiger partial charge on any atom is -0.382 e. The predicted molar refractivity (Wildman–Crippen MR) is 78.3 cm³/mol. The summed E-state index contributed by atoms with van der Waals surface area (Å²) in [5.74, 6) is 0.986. The molecule has 4 nitrogen and oxygen atoms in total. The van der Waals surface area contributed by atoms with E-state index in [1.54, 1.807) is 0 Å². The van der Waals surface area contributed by atoms with Gasteiger partial charge in [-0.2, -0.15) is 0 Å². The number of nitrogens with one attached hydrogen (secondary N) is 1. The molecule has 19 heavy (non-hydrogen) atoms. The van der Waals surface area contributed by atoms with Crippen molar-refractivity contribution >= 4 is 5.95 Å². The maximum atomic E-state index is 5.38. The van der Waals surface area contributed by atoms with Crippen LogP contribution in [0.1, 0.15) is 41.0 Å². The molecule has 4 heteroatoms. The Morgan fingerprint density at radius 2 is 2.00 bits per heavy atom. The lowest BCUT2D eigenvalue weighted by molar-refractivity contribution is 0.142. The highest BCUT2D eigenvalue weighted by molar-refractivity contribution is 5.37. The van der Waals surface area contributed by atoms with Gasteiger partial charge in [0.05, 0.1) is 0 Å². The van der Waals surface area contributed by atoms with Crippen LogP contribution in [0.4, 0.5) is 5.95 Å². The maximum Gasteiger partial charge on any atom is 0.203 e. The number of imidazole rings is 1. The van der Waals surface area contributed by atoms with Crippen molar-refractivity contribution < 1.29 is 4.74 Å². The second-order valence-electron chi connectivity index (χ2n) is 6.52. The van der Waals surface area contributed by atoms with Crippen LogP contribution in [-0.4, -0.2) is 28.8 Å². The number of aromatic nitrogens is 2. The Labute approximate surface area is 116 Å². The molecule has 1 aliphatic rings. The molecule has 1 N–H and O–H groups in total. The molecule has 1 fully saturated rings. The van der Waals surface area contributed by atoms with Gasteiger partial charge in [-0.3, -0.25) is 0 Å². The van der Waals surface area contributed by atoms with Crippen LogP contribution in [0, 0.1) is 10.8 Å². The minimum atomic E-state index is 0.328. The van der Waals surface area contributed by atoms with Crippen LogP contribution in [0.25, 0.3) is 0 Å². The van der Waals surface area contributed by atoms with Gasteiger partial charge in [0.2, 0.25) is 5.95 Å². The zero-order chi connectivity index (χ0) is 14.1. The van der Waals surface area contributed by atoms with E-state index < -0.39 is 0 Å². The molecule has 0 amide bonds.